The summed E-state index contributed by atoms with van der Waals surface area (Å²) in [6, 6.07) is -8.79. The minimum atomic E-state index is -1.91. The smallest absolute Gasteiger partial charge is 0.326 e. The summed E-state index contributed by atoms with van der Waals surface area (Å²) >= 11 is 0. The highest BCUT2D eigenvalue weighted by Gasteiger charge is 2.36. The molecule has 482 valence electrons. The molecular formula is C53H85N19O15. The molecule has 0 unspecified atom stereocenters. The number of aromatic hydroxyl groups is 1. The predicted octanol–water partition coefficient (Wildman–Crippen LogP) is -5.74. The number of benzene rings is 1. The topological polar surface area (TPSA) is 583 Å². The van der Waals surface area contributed by atoms with Gasteiger partial charge in [0.15, 0.2) is 11.9 Å². The van der Waals surface area contributed by atoms with Gasteiger partial charge in [-0.15, -0.1) is 0 Å². The number of carbonyl (C=O) groups is 12. The lowest BCUT2D eigenvalue weighted by Crippen LogP contribution is -2.61. The number of aromatic amines is 1. The number of amides is 10. The Bertz CT molecular complexity index is 2740. The number of carboxylic acid groups (broad SMARTS) is 2. The van der Waals surface area contributed by atoms with Crippen LogP contribution in [0.5, 0.6) is 5.75 Å². The van der Waals surface area contributed by atoms with Crippen LogP contribution in [0, 0.1) is 11.8 Å². The number of nitrogens with two attached hydrogens (primary N) is 6. The number of carbonyl (C=O) groups excluding carboxylic acids is 10. The first kappa shape index (κ1) is 73.5. The zero-order chi connectivity index (χ0) is 65.7. The molecule has 0 spiro atoms. The molecule has 10 amide bonds. The summed E-state index contributed by atoms with van der Waals surface area (Å²) in [5.74, 6) is -14.2. The molecule has 0 saturated heterocycles. The fourth-order valence-corrected chi connectivity index (χ4v) is 8.23. The first-order valence-electron chi connectivity index (χ1n) is 27.9. The lowest BCUT2D eigenvalue weighted by molar-refractivity contribution is -0.143. The number of carboxylic acids is 2. The van der Waals surface area contributed by atoms with E-state index in [9.17, 15) is 72.9 Å². The third-order valence-corrected chi connectivity index (χ3v) is 13.2. The Morgan fingerprint density at radius 1 is 0.552 bits per heavy atom. The number of aliphatic imine (C=N–C) groups is 2. The molecule has 0 fully saturated rings. The number of phenols is 1. The second-order valence-corrected chi connectivity index (χ2v) is 21.1. The summed E-state index contributed by atoms with van der Waals surface area (Å²) in [6.07, 6.45) is 0.720. The highest BCUT2D eigenvalue weighted by atomic mass is 16.4. The minimum Gasteiger partial charge on any atom is -0.508 e. The highest BCUT2D eigenvalue weighted by molar-refractivity contribution is 5.99. The highest BCUT2D eigenvalue weighted by Crippen LogP contribution is 2.15. The van der Waals surface area contributed by atoms with Crippen LogP contribution in [0.15, 0.2) is 46.8 Å². The van der Waals surface area contributed by atoms with Crippen molar-refractivity contribution in [3.05, 3.63) is 48.0 Å². The van der Waals surface area contributed by atoms with E-state index < -0.39 is 150 Å². The number of hydrogen-bond acceptors (Lipinski definition) is 17. The molecule has 1 heterocycles. The molecule has 0 radical (unpaired) electrons. The predicted molar refractivity (Wildman–Crippen MR) is 313 cm³/mol. The second kappa shape index (κ2) is 36.9. The van der Waals surface area contributed by atoms with Crippen molar-refractivity contribution in [2.75, 3.05) is 13.1 Å². The fourth-order valence-electron chi connectivity index (χ4n) is 8.23. The first-order chi connectivity index (χ1) is 40.8. The Hall–Kier alpha value is -9.63. The summed E-state index contributed by atoms with van der Waals surface area (Å²) in [5, 5.41) is 51.1. The van der Waals surface area contributed by atoms with Gasteiger partial charge in [0.05, 0.1) is 25.2 Å². The summed E-state index contributed by atoms with van der Waals surface area (Å²) in [6.45, 7) is 9.23. The molecule has 11 atom stereocenters. The van der Waals surface area contributed by atoms with Crippen molar-refractivity contribution in [1.29, 1.82) is 0 Å². The van der Waals surface area contributed by atoms with Crippen LogP contribution in [-0.2, 0) is 70.4 Å². The molecule has 1 aromatic heterocycles. The van der Waals surface area contributed by atoms with Crippen LogP contribution in [-0.4, -0.2) is 182 Å². The summed E-state index contributed by atoms with van der Waals surface area (Å²) in [5.41, 5.74) is 34.1. The van der Waals surface area contributed by atoms with Gasteiger partial charge < -0.3 is 103 Å². The molecule has 1 aromatic carbocycles. The Balaban J connectivity index is 2.37. The number of guanidine groups is 2. The quantitative estimate of drug-likeness (QED) is 0.0168. The second-order valence-electron chi connectivity index (χ2n) is 21.1. The van der Waals surface area contributed by atoms with Crippen molar-refractivity contribution in [3.8, 4) is 5.75 Å². The van der Waals surface area contributed by atoms with E-state index in [1.807, 2.05) is 0 Å². The van der Waals surface area contributed by atoms with Gasteiger partial charge in [-0.1, -0.05) is 46.2 Å². The molecule has 0 bridgehead atoms. The normalized spacial score (nSPS) is 14.8. The van der Waals surface area contributed by atoms with E-state index in [2.05, 4.69) is 67.8 Å². The van der Waals surface area contributed by atoms with Gasteiger partial charge in [0.25, 0.3) is 0 Å². The van der Waals surface area contributed by atoms with E-state index in [0.717, 1.165) is 0 Å². The summed E-state index contributed by atoms with van der Waals surface area (Å²) in [4.78, 5) is 174. The lowest BCUT2D eigenvalue weighted by Gasteiger charge is -2.29. The zero-order valence-electron chi connectivity index (χ0n) is 49.4. The number of phenolic OH excluding ortho intramolecular Hbond substituents is 1. The third-order valence-electron chi connectivity index (χ3n) is 13.2. The number of aliphatic carboxylic acids is 2. The molecule has 0 aliphatic carbocycles. The number of imidazole rings is 1. The molecule has 2 rings (SSSR count). The third kappa shape index (κ3) is 27.8. The molecule has 34 heteroatoms. The SMILES string of the molecule is CC[C@H](C)[C@H](NC(=O)[C@@H](N)Cc1ccc(O)cc1)C(=O)N[C@@H](Cc1cnc[nH]1)C(=O)N[C@@H](CCCN=C(N)N)C(=O)N[C@@H](CC(=O)O)C(=O)N[C@@H](CC(C)C)C(=O)N[C@@H](C)C(=O)N[C@@H](C)C(=O)N[C@@H](CCCN=C(N)N)C(=O)N[C@@H](CC(N)=O)C(=O)O. The standard InChI is InChI=1S/C53H85N19O15/c1-7-26(4)41(72-44(79)32(54)19-29-12-14-31(73)15-13-29)50(85)70-36(20-30-23-60-24-63-30)48(83)67-34(11-9-17-62-53(58)59)45(80)69-37(22-40(75)76)49(84)68-35(18-25(2)3)47(82)65-27(5)42(77)64-28(6)43(78)66-33(10-8-16-61-52(56)57)46(81)71-38(51(86)87)21-39(55)74/h12-15,23-28,32-38,41,73H,7-11,16-22,54H2,1-6H3,(H2,55,74)(H,60,63)(H,64,77)(H,65,82)(H,66,78)(H,67,83)(H,68,84)(H,69,80)(H,70,85)(H,71,81)(H,72,79)(H,75,76)(H,86,87)(H4,56,57,61)(H4,58,59,62)/t26-,27-,28-,32-,33-,34-,35-,36-,37-,38-,41-/m0/s1. The number of aromatic nitrogens is 2. The lowest BCUT2D eigenvalue weighted by atomic mass is 9.96. The van der Waals surface area contributed by atoms with E-state index in [1.165, 1.54) is 38.5 Å². The van der Waals surface area contributed by atoms with Crippen molar-refractivity contribution in [3.63, 3.8) is 0 Å². The van der Waals surface area contributed by atoms with Crippen LogP contribution in [0.1, 0.15) is 104 Å². The van der Waals surface area contributed by atoms with Crippen molar-refractivity contribution in [1.82, 2.24) is 57.8 Å². The van der Waals surface area contributed by atoms with Gasteiger partial charge in [0, 0.05) is 31.4 Å². The zero-order valence-corrected chi connectivity index (χ0v) is 49.4. The summed E-state index contributed by atoms with van der Waals surface area (Å²) in [7, 11) is 0. The van der Waals surface area contributed by atoms with Gasteiger partial charge in [-0.3, -0.25) is 62.7 Å². The fraction of sp³-hybridized carbons (Fsp3) is 0.566. The van der Waals surface area contributed by atoms with Crippen LogP contribution in [0.25, 0.3) is 0 Å². The van der Waals surface area contributed by atoms with Crippen molar-refractivity contribution in [2.24, 2.45) is 56.2 Å². The first-order valence-corrected chi connectivity index (χ1v) is 27.9. The van der Waals surface area contributed by atoms with Gasteiger partial charge in [-0.05, 0) is 81.9 Å². The molecule has 87 heavy (non-hydrogen) atoms. The van der Waals surface area contributed by atoms with Crippen LogP contribution in [0.3, 0.4) is 0 Å². The minimum absolute atomic E-state index is 0.00195. The molecule has 2 aromatic rings. The van der Waals surface area contributed by atoms with Gasteiger partial charge in [-0.25, -0.2) is 9.78 Å². The van der Waals surface area contributed by atoms with E-state index in [-0.39, 0.29) is 81.6 Å². The average molecular weight is 1230 g/mol. The Labute approximate surface area is 501 Å². The molecule has 25 N–H and O–H groups in total. The van der Waals surface area contributed by atoms with E-state index in [0.29, 0.717) is 17.7 Å². The van der Waals surface area contributed by atoms with Crippen molar-refractivity contribution >= 4 is 82.9 Å². The number of H-pyrrole nitrogens is 1. The molecule has 0 aliphatic heterocycles. The molecule has 0 saturated carbocycles. The maximum atomic E-state index is 14.4. The molecule has 0 aliphatic rings. The van der Waals surface area contributed by atoms with Crippen LogP contribution in [0.4, 0.5) is 0 Å². The number of nitrogens with zero attached hydrogens (tertiary/aromatic N) is 3. The Morgan fingerprint density at radius 2 is 1.01 bits per heavy atom. The average Bonchev–Trinajstić information content (AvgIpc) is 3.58. The van der Waals surface area contributed by atoms with E-state index in [1.54, 1.807) is 39.8 Å². The van der Waals surface area contributed by atoms with Gasteiger partial charge in [0.1, 0.15) is 60.1 Å². The van der Waals surface area contributed by atoms with Crippen LogP contribution < -0.4 is 82.3 Å². The number of rotatable bonds is 39. The van der Waals surface area contributed by atoms with E-state index in [4.69, 9.17) is 34.4 Å². The Morgan fingerprint density at radius 3 is 1.49 bits per heavy atom. The number of primary amides is 1. The van der Waals surface area contributed by atoms with Gasteiger partial charge >= 0.3 is 11.9 Å². The van der Waals surface area contributed by atoms with E-state index >= 15 is 0 Å². The van der Waals surface area contributed by atoms with Crippen molar-refractivity contribution < 1.29 is 72.9 Å². The maximum absolute atomic E-state index is 14.4. The Kier molecular flexibility index (Phi) is 31.2. The molecule has 34 nitrogen and oxygen atoms in total. The van der Waals surface area contributed by atoms with Crippen molar-refractivity contribution in [2.45, 2.75) is 166 Å². The summed E-state index contributed by atoms with van der Waals surface area (Å²) < 4.78 is 0. The monoisotopic (exact) mass is 1230 g/mol. The molecular weight excluding hydrogens is 1140 g/mol. The maximum Gasteiger partial charge on any atom is 0.326 e. The number of nitrogens with one attached hydrogen (secondary N) is 10. The van der Waals surface area contributed by atoms with Gasteiger partial charge in [0.2, 0.25) is 59.1 Å². The van der Waals surface area contributed by atoms with Gasteiger partial charge in [-0.2, -0.15) is 0 Å². The largest absolute Gasteiger partial charge is 0.508 e. The van der Waals surface area contributed by atoms with Crippen LogP contribution >= 0.6 is 0 Å². The number of hydrogen-bond donors (Lipinski definition) is 19. The van der Waals surface area contributed by atoms with Crippen LogP contribution in [0.2, 0.25) is 0 Å².